The minimum Gasteiger partial charge on any atom is -0.489 e. The average Bonchev–Trinajstić information content (AvgIpc) is 2.79. The van der Waals surface area contributed by atoms with E-state index in [4.69, 9.17) is 21.9 Å². The standard InChI is InChI=1S/C19H25ClN4O2/c1-19(23-21)11-3-4-12(19)8-14(7-11)22-18(25)15-9-13(20)10-16-17(15)26-6-5-24(16)2/h9-12,14,21H,3-8H2,1-2H3,(H,22,25). The molecule has 4 rings (SSSR count). The van der Waals surface area contributed by atoms with Gasteiger partial charge < -0.3 is 15.0 Å². The Balaban J connectivity index is 1.54. The Labute approximate surface area is 158 Å². The van der Waals surface area contributed by atoms with E-state index >= 15 is 0 Å². The normalized spacial score (nSPS) is 32.6. The molecule has 2 atom stereocenters. The van der Waals surface area contributed by atoms with Gasteiger partial charge in [-0.05, 0) is 56.6 Å². The largest absolute Gasteiger partial charge is 0.489 e. The molecule has 0 aromatic heterocycles. The molecule has 0 spiro atoms. The van der Waals surface area contributed by atoms with Crippen LogP contribution in [0, 0.1) is 17.4 Å². The van der Waals surface area contributed by atoms with E-state index in [0.29, 0.717) is 34.8 Å². The fraction of sp³-hybridized carbons (Fsp3) is 0.632. The first-order valence-electron chi connectivity index (χ1n) is 9.29. The maximum absolute atomic E-state index is 13.0. The number of nitrogens with zero attached hydrogens (tertiary/aromatic N) is 2. The van der Waals surface area contributed by atoms with Gasteiger partial charge in [-0.15, -0.1) is 0 Å². The smallest absolute Gasteiger partial charge is 0.255 e. The molecule has 1 aliphatic heterocycles. The van der Waals surface area contributed by atoms with Crippen molar-refractivity contribution in [2.45, 2.75) is 44.2 Å². The SMILES string of the molecule is CN1CCOc2c(C(=O)NC3CC4CCC(C3)C4(C)N=N)cc(Cl)cc21. The van der Waals surface area contributed by atoms with Crippen LogP contribution >= 0.6 is 11.6 Å². The van der Waals surface area contributed by atoms with Gasteiger partial charge >= 0.3 is 0 Å². The Hall–Kier alpha value is -1.82. The molecule has 6 nitrogen and oxygen atoms in total. The lowest BCUT2D eigenvalue weighted by Gasteiger charge is -2.40. The maximum Gasteiger partial charge on any atom is 0.255 e. The van der Waals surface area contributed by atoms with Crippen molar-refractivity contribution in [1.82, 2.24) is 5.32 Å². The third-order valence-corrected chi connectivity index (χ3v) is 6.81. The molecule has 1 amide bonds. The van der Waals surface area contributed by atoms with E-state index in [1.54, 1.807) is 6.07 Å². The lowest BCUT2D eigenvalue weighted by molar-refractivity contribution is 0.0878. The van der Waals surface area contributed by atoms with E-state index in [-0.39, 0.29) is 17.5 Å². The summed E-state index contributed by atoms with van der Waals surface area (Å²) in [7, 11) is 1.98. The number of amides is 1. The summed E-state index contributed by atoms with van der Waals surface area (Å²) < 4.78 is 5.79. The Morgan fingerprint density at radius 3 is 2.73 bits per heavy atom. The first kappa shape index (κ1) is 17.6. The van der Waals surface area contributed by atoms with Crippen molar-refractivity contribution >= 4 is 23.2 Å². The number of hydrogen-bond donors (Lipinski definition) is 2. The summed E-state index contributed by atoms with van der Waals surface area (Å²) in [6.45, 7) is 3.43. The van der Waals surface area contributed by atoms with Crippen molar-refractivity contribution in [2.24, 2.45) is 17.0 Å². The van der Waals surface area contributed by atoms with E-state index in [1.165, 1.54) is 0 Å². The number of hydrogen-bond acceptors (Lipinski definition) is 5. The van der Waals surface area contributed by atoms with Crippen molar-refractivity contribution in [1.29, 1.82) is 5.53 Å². The predicted molar refractivity (Wildman–Crippen MR) is 100 cm³/mol. The second-order valence-electron chi connectivity index (χ2n) is 8.02. The zero-order valence-electron chi connectivity index (χ0n) is 15.2. The van der Waals surface area contributed by atoms with E-state index in [2.05, 4.69) is 22.3 Å². The molecule has 0 radical (unpaired) electrons. The first-order valence-corrected chi connectivity index (χ1v) is 9.67. The van der Waals surface area contributed by atoms with Crippen LogP contribution in [-0.4, -0.2) is 37.7 Å². The lowest BCUT2D eigenvalue weighted by Crippen LogP contribution is -2.48. The second kappa shape index (κ2) is 6.41. The summed E-state index contributed by atoms with van der Waals surface area (Å²) in [6.07, 6.45) is 3.95. The maximum atomic E-state index is 13.0. The average molecular weight is 377 g/mol. The number of rotatable bonds is 3. The number of carbonyl (C=O) groups is 1. The van der Waals surface area contributed by atoms with Crippen LogP contribution in [0.1, 0.15) is 43.0 Å². The molecule has 2 saturated carbocycles. The highest BCUT2D eigenvalue weighted by Crippen LogP contribution is 2.51. The van der Waals surface area contributed by atoms with Crippen LogP contribution in [0.5, 0.6) is 5.75 Å². The van der Waals surface area contributed by atoms with Crippen molar-refractivity contribution in [3.8, 4) is 5.75 Å². The Bertz CT molecular complexity index is 739. The van der Waals surface area contributed by atoms with Crippen LogP contribution in [0.2, 0.25) is 5.02 Å². The van der Waals surface area contributed by atoms with Crippen molar-refractivity contribution in [3.05, 3.63) is 22.7 Å². The highest BCUT2D eigenvalue weighted by molar-refractivity contribution is 6.31. The molecular formula is C19H25ClN4O2. The lowest BCUT2D eigenvalue weighted by atomic mass is 9.71. The van der Waals surface area contributed by atoms with Crippen LogP contribution in [0.4, 0.5) is 5.69 Å². The number of benzene rings is 1. The fourth-order valence-electron chi connectivity index (χ4n) is 4.97. The van der Waals surface area contributed by atoms with Gasteiger partial charge in [0.1, 0.15) is 6.61 Å². The number of fused-ring (bicyclic) bond motifs is 3. The van der Waals surface area contributed by atoms with Crippen LogP contribution in [0.25, 0.3) is 0 Å². The highest BCUT2D eigenvalue weighted by Gasteiger charge is 2.51. The number of likely N-dealkylation sites (N-methyl/N-ethyl adjacent to an activating group) is 1. The predicted octanol–water partition coefficient (Wildman–Crippen LogP) is 3.88. The minimum atomic E-state index is -0.248. The number of nitrogens with one attached hydrogen (secondary N) is 2. The molecule has 2 aliphatic carbocycles. The Morgan fingerprint density at radius 2 is 2.08 bits per heavy atom. The fourth-order valence-corrected chi connectivity index (χ4v) is 5.18. The summed E-state index contributed by atoms with van der Waals surface area (Å²) in [5, 5.41) is 7.68. The van der Waals surface area contributed by atoms with E-state index in [0.717, 1.165) is 37.9 Å². The van der Waals surface area contributed by atoms with Gasteiger partial charge in [-0.1, -0.05) is 11.6 Å². The molecule has 140 valence electrons. The quantitative estimate of drug-likeness (QED) is 0.786. The van der Waals surface area contributed by atoms with Gasteiger partial charge in [-0.25, -0.2) is 5.53 Å². The third kappa shape index (κ3) is 2.75. The van der Waals surface area contributed by atoms with Crippen LogP contribution in [0.3, 0.4) is 0 Å². The van der Waals surface area contributed by atoms with Gasteiger partial charge in [0.15, 0.2) is 5.75 Å². The van der Waals surface area contributed by atoms with Gasteiger partial charge in [-0.2, -0.15) is 5.11 Å². The molecule has 2 unspecified atom stereocenters. The molecule has 1 aromatic rings. The molecular weight excluding hydrogens is 352 g/mol. The highest BCUT2D eigenvalue weighted by atomic mass is 35.5. The zero-order chi connectivity index (χ0) is 18.5. The minimum absolute atomic E-state index is 0.116. The number of anilines is 1. The van der Waals surface area contributed by atoms with Gasteiger partial charge in [0.2, 0.25) is 0 Å². The number of carbonyl (C=O) groups excluding carboxylic acids is 1. The molecule has 1 heterocycles. The summed E-state index contributed by atoms with van der Waals surface area (Å²) >= 11 is 6.25. The molecule has 26 heavy (non-hydrogen) atoms. The topological polar surface area (TPSA) is 77.8 Å². The van der Waals surface area contributed by atoms with Gasteiger partial charge in [-0.3, -0.25) is 4.79 Å². The second-order valence-corrected chi connectivity index (χ2v) is 8.46. The summed E-state index contributed by atoms with van der Waals surface area (Å²) in [5.74, 6) is 1.24. The third-order valence-electron chi connectivity index (χ3n) is 6.59. The molecule has 2 bridgehead atoms. The first-order chi connectivity index (χ1) is 12.4. The summed E-state index contributed by atoms with van der Waals surface area (Å²) in [5.41, 5.74) is 8.70. The molecule has 0 saturated heterocycles. The zero-order valence-corrected chi connectivity index (χ0v) is 16.0. The molecule has 2 N–H and O–H groups in total. The van der Waals surface area contributed by atoms with Crippen LogP contribution in [-0.2, 0) is 0 Å². The summed E-state index contributed by atoms with van der Waals surface area (Å²) in [6, 6.07) is 3.65. The number of ether oxygens (including phenoxy) is 1. The number of halogens is 1. The van der Waals surface area contributed by atoms with E-state index in [9.17, 15) is 4.79 Å². The van der Waals surface area contributed by atoms with Crippen LogP contribution in [0.15, 0.2) is 17.2 Å². The van der Waals surface area contributed by atoms with Gasteiger partial charge in [0.05, 0.1) is 23.3 Å². The van der Waals surface area contributed by atoms with Crippen molar-refractivity contribution < 1.29 is 9.53 Å². The van der Waals surface area contributed by atoms with Crippen LogP contribution < -0.4 is 15.0 Å². The monoisotopic (exact) mass is 376 g/mol. The Morgan fingerprint density at radius 1 is 1.38 bits per heavy atom. The molecule has 3 aliphatic rings. The van der Waals surface area contributed by atoms with Gasteiger partial charge in [0, 0.05) is 18.1 Å². The van der Waals surface area contributed by atoms with Gasteiger partial charge in [0.25, 0.3) is 5.91 Å². The van der Waals surface area contributed by atoms with E-state index < -0.39 is 0 Å². The Kier molecular flexibility index (Phi) is 4.34. The summed E-state index contributed by atoms with van der Waals surface area (Å²) in [4.78, 5) is 15.0. The molecule has 1 aromatic carbocycles. The molecule has 2 fully saturated rings. The van der Waals surface area contributed by atoms with E-state index in [1.807, 2.05) is 13.1 Å². The molecule has 7 heteroatoms. The van der Waals surface area contributed by atoms with Crippen molar-refractivity contribution in [2.75, 3.05) is 25.1 Å². The van der Waals surface area contributed by atoms with Crippen molar-refractivity contribution in [3.63, 3.8) is 0 Å².